The van der Waals surface area contributed by atoms with Gasteiger partial charge in [0.05, 0.1) is 6.10 Å². The zero-order chi connectivity index (χ0) is 17.0. The molecule has 1 aromatic rings. The topological polar surface area (TPSA) is 45.7 Å². The summed E-state index contributed by atoms with van der Waals surface area (Å²) < 4.78 is 5.86. The van der Waals surface area contributed by atoms with Gasteiger partial charge in [0.1, 0.15) is 6.54 Å². The molecule has 0 bridgehead atoms. The third-order valence-corrected chi connectivity index (χ3v) is 5.06. The number of nitrogens with zero attached hydrogens (tertiary/aromatic N) is 1. The summed E-state index contributed by atoms with van der Waals surface area (Å²) in [4.78, 5) is 4.61. The van der Waals surface area contributed by atoms with E-state index in [0.29, 0.717) is 24.6 Å². The first-order valence-electron chi connectivity index (χ1n) is 8.83. The number of benzene rings is 1. The Kier molecular flexibility index (Phi) is 5.11. The van der Waals surface area contributed by atoms with Crippen molar-refractivity contribution in [3.05, 3.63) is 35.9 Å². The third-order valence-electron chi connectivity index (χ3n) is 5.06. The van der Waals surface area contributed by atoms with Crippen LogP contribution in [-0.2, 0) is 4.74 Å². The van der Waals surface area contributed by atoms with Gasteiger partial charge >= 0.3 is 0 Å². The van der Waals surface area contributed by atoms with Crippen LogP contribution in [0.3, 0.4) is 0 Å². The minimum Gasteiger partial charge on any atom is -0.377 e. The highest BCUT2D eigenvalue weighted by atomic mass is 16.5. The molecule has 3 rings (SSSR count). The summed E-state index contributed by atoms with van der Waals surface area (Å²) in [5.74, 6) is 7.72. The van der Waals surface area contributed by atoms with Gasteiger partial charge in [-0.05, 0) is 25.5 Å². The standard InChI is InChI=1S/C20H27N3O/c1-4-21-19(22-13-8-11-15-9-6-5-7-10-15)23-17-16-12-14-24-18(16)20(17,2)3/h5-7,9-10,16-18H,4,12-14H2,1-3H3,(H2,21,22,23). The van der Waals surface area contributed by atoms with Gasteiger partial charge in [-0.15, -0.1) is 0 Å². The smallest absolute Gasteiger partial charge is 0.192 e. The van der Waals surface area contributed by atoms with Crippen molar-refractivity contribution in [2.75, 3.05) is 19.7 Å². The molecule has 1 aromatic carbocycles. The highest BCUT2D eigenvalue weighted by molar-refractivity contribution is 5.80. The number of guanidine groups is 1. The summed E-state index contributed by atoms with van der Waals surface area (Å²) in [7, 11) is 0. The molecule has 1 aliphatic heterocycles. The predicted octanol–water partition coefficient (Wildman–Crippen LogP) is 2.41. The first-order chi connectivity index (χ1) is 11.6. The van der Waals surface area contributed by atoms with Crippen LogP contribution in [0.1, 0.15) is 32.8 Å². The summed E-state index contributed by atoms with van der Waals surface area (Å²) in [6.07, 6.45) is 1.52. The van der Waals surface area contributed by atoms with Gasteiger partial charge in [0.15, 0.2) is 5.96 Å². The third kappa shape index (κ3) is 3.42. The van der Waals surface area contributed by atoms with Crippen molar-refractivity contribution in [1.82, 2.24) is 10.6 Å². The number of ether oxygens (including phenoxy) is 1. The first-order valence-corrected chi connectivity index (χ1v) is 8.83. The molecule has 1 heterocycles. The maximum Gasteiger partial charge on any atom is 0.192 e. The average Bonchev–Trinajstić information content (AvgIpc) is 3.04. The number of hydrogen-bond donors (Lipinski definition) is 2. The van der Waals surface area contributed by atoms with Gasteiger partial charge < -0.3 is 15.4 Å². The number of hydrogen-bond acceptors (Lipinski definition) is 2. The van der Waals surface area contributed by atoms with Gasteiger partial charge in [-0.25, -0.2) is 4.99 Å². The lowest BCUT2D eigenvalue weighted by molar-refractivity contribution is -0.106. The van der Waals surface area contributed by atoms with E-state index in [1.165, 1.54) is 0 Å². The highest BCUT2D eigenvalue weighted by Gasteiger charge is 2.59. The lowest BCUT2D eigenvalue weighted by Crippen LogP contribution is -2.67. The van der Waals surface area contributed by atoms with Gasteiger partial charge in [-0.1, -0.05) is 43.9 Å². The molecule has 1 aliphatic carbocycles. The minimum atomic E-state index is 0.146. The van der Waals surface area contributed by atoms with Crippen LogP contribution in [0.15, 0.2) is 35.3 Å². The number of rotatable bonds is 3. The molecule has 4 heteroatoms. The Hall–Kier alpha value is -1.99. The molecule has 2 N–H and O–H groups in total. The lowest BCUT2D eigenvalue weighted by atomic mass is 9.57. The van der Waals surface area contributed by atoms with Gasteiger partial charge in [0.25, 0.3) is 0 Å². The van der Waals surface area contributed by atoms with Gasteiger partial charge in [-0.2, -0.15) is 0 Å². The fraction of sp³-hybridized carbons (Fsp3) is 0.550. The second kappa shape index (κ2) is 7.27. The van der Waals surface area contributed by atoms with Crippen LogP contribution in [0, 0.1) is 23.2 Å². The van der Waals surface area contributed by atoms with E-state index in [0.717, 1.165) is 31.1 Å². The van der Waals surface area contributed by atoms with E-state index in [1.807, 2.05) is 30.3 Å². The second-order valence-electron chi connectivity index (χ2n) is 7.05. The molecule has 1 saturated heterocycles. The van der Waals surface area contributed by atoms with Crippen molar-refractivity contribution in [2.24, 2.45) is 16.3 Å². The van der Waals surface area contributed by atoms with E-state index in [2.05, 4.69) is 48.2 Å². The normalized spacial score (nSPS) is 27.5. The number of nitrogens with one attached hydrogen (secondary N) is 2. The van der Waals surface area contributed by atoms with E-state index in [-0.39, 0.29) is 5.41 Å². The molecule has 3 atom stereocenters. The summed E-state index contributed by atoms with van der Waals surface area (Å²) in [6, 6.07) is 10.4. The minimum absolute atomic E-state index is 0.146. The van der Waals surface area contributed by atoms with Crippen molar-refractivity contribution in [3.63, 3.8) is 0 Å². The first kappa shape index (κ1) is 16.9. The molecule has 3 unspecified atom stereocenters. The van der Waals surface area contributed by atoms with Gasteiger partial charge in [-0.3, -0.25) is 0 Å². The summed E-state index contributed by atoms with van der Waals surface area (Å²) >= 11 is 0. The molecule has 0 aromatic heterocycles. The van der Waals surface area contributed by atoms with Crippen molar-refractivity contribution in [2.45, 2.75) is 39.3 Å². The molecule has 4 nitrogen and oxygen atoms in total. The molecular formula is C20H27N3O. The highest BCUT2D eigenvalue weighted by Crippen LogP contribution is 2.52. The SMILES string of the molecule is CCNC(=NCC#Cc1ccccc1)NC1C2CCOC2C1(C)C. The molecule has 24 heavy (non-hydrogen) atoms. The maximum atomic E-state index is 5.86. The van der Waals surface area contributed by atoms with Crippen LogP contribution in [-0.4, -0.2) is 37.8 Å². The van der Waals surface area contributed by atoms with Crippen LogP contribution in [0.25, 0.3) is 0 Å². The monoisotopic (exact) mass is 325 g/mol. The fourth-order valence-corrected chi connectivity index (χ4v) is 3.87. The van der Waals surface area contributed by atoms with E-state index >= 15 is 0 Å². The van der Waals surface area contributed by atoms with E-state index in [4.69, 9.17) is 4.74 Å². The largest absolute Gasteiger partial charge is 0.377 e. The zero-order valence-electron chi connectivity index (χ0n) is 14.8. The van der Waals surface area contributed by atoms with Crippen LogP contribution in [0.4, 0.5) is 0 Å². The summed E-state index contributed by atoms with van der Waals surface area (Å²) in [5.41, 5.74) is 1.17. The molecule has 2 fully saturated rings. The van der Waals surface area contributed by atoms with Crippen LogP contribution < -0.4 is 10.6 Å². The Morgan fingerprint density at radius 1 is 1.33 bits per heavy atom. The molecular weight excluding hydrogens is 298 g/mol. The van der Waals surface area contributed by atoms with Gasteiger partial charge in [0, 0.05) is 36.1 Å². The average molecular weight is 325 g/mol. The van der Waals surface area contributed by atoms with E-state index in [9.17, 15) is 0 Å². The summed E-state index contributed by atoms with van der Waals surface area (Å²) in [6.45, 7) is 8.84. The Morgan fingerprint density at radius 3 is 2.88 bits per heavy atom. The summed E-state index contributed by atoms with van der Waals surface area (Å²) in [5, 5.41) is 6.93. The molecule has 0 radical (unpaired) electrons. The van der Waals surface area contributed by atoms with Crippen LogP contribution in [0.2, 0.25) is 0 Å². The molecule has 0 amide bonds. The van der Waals surface area contributed by atoms with Crippen molar-refractivity contribution in [3.8, 4) is 11.8 Å². The van der Waals surface area contributed by atoms with E-state index in [1.54, 1.807) is 0 Å². The van der Waals surface area contributed by atoms with Gasteiger partial charge in [0.2, 0.25) is 0 Å². The zero-order valence-corrected chi connectivity index (χ0v) is 14.8. The van der Waals surface area contributed by atoms with Crippen molar-refractivity contribution in [1.29, 1.82) is 0 Å². The van der Waals surface area contributed by atoms with Crippen molar-refractivity contribution >= 4 is 5.96 Å². The fourth-order valence-electron chi connectivity index (χ4n) is 3.87. The molecule has 2 aliphatic rings. The Labute approximate surface area is 145 Å². The molecule has 128 valence electrons. The van der Waals surface area contributed by atoms with Crippen LogP contribution in [0.5, 0.6) is 0 Å². The van der Waals surface area contributed by atoms with Crippen LogP contribution >= 0.6 is 0 Å². The lowest BCUT2D eigenvalue weighted by Gasteiger charge is -2.54. The predicted molar refractivity (Wildman–Crippen MR) is 97.9 cm³/mol. The number of aliphatic imine (C=N–C) groups is 1. The van der Waals surface area contributed by atoms with E-state index < -0.39 is 0 Å². The molecule has 1 saturated carbocycles. The van der Waals surface area contributed by atoms with Crippen molar-refractivity contribution < 1.29 is 4.74 Å². The Bertz CT molecular complexity index is 642. The Balaban J connectivity index is 1.61. The molecule has 0 spiro atoms. The maximum absolute atomic E-state index is 5.86. The number of fused-ring (bicyclic) bond motifs is 1. The Morgan fingerprint density at radius 2 is 2.12 bits per heavy atom. The quantitative estimate of drug-likeness (QED) is 0.510. The second-order valence-corrected chi connectivity index (χ2v) is 7.05.